The molecular formula is C11H14O3S. The normalized spacial score (nSPS) is 11.3. The molecule has 0 amide bonds. The second-order valence-electron chi connectivity index (χ2n) is 3.66. The summed E-state index contributed by atoms with van der Waals surface area (Å²) in [5.41, 5.74) is 1.23. The first kappa shape index (κ1) is 11.8. The molecule has 0 aromatic heterocycles. The van der Waals surface area contributed by atoms with Crippen LogP contribution in [0.3, 0.4) is 0 Å². The molecule has 15 heavy (non-hydrogen) atoms. The van der Waals surface area contributed by atoms with E-state index >= 15 is 0 Å². The van der Waals surface area contributed by atoms with Gasteiger partial charge in [-0.25, -0.2) is 8.42 Å². The second kappa shape index (κ2) is 4.06. The number of phenolic OH excluding ortho intramolecular Hbond substituents is 1. The average Bonchev–Trinajstić information content (AvgIpc) is 2.05. The minimum atomic E-state index is -3.30. The minimum absolute atomic E-state index is 0.000856. The van der Waals surface area contributed by atoms with Crippen molar-refractivity contribution >= 4 is 9.84 Å². The molecule has 1 rings (SSSR count). The fourth-order valence-electron chi connectivity index (χ4n) is 1.38. The quantitative estimate of drug-likeness (QED) is 0.801. The van der Waals surface area contributed by atoms with Gasteiger partial charge in [0.2, 0.25) is 0 Å². The van der Waals surface area contributed by atoms with Gasteiger partial charge in [-0.05, 0) is 25.5 Å². The number of hydrogen-bond donors (Lipinski definition) is 1. The van der Waals surface area contributed by atoms with Gasteiger partial charge < -0.3 is 5.11 Å². The molecule has 4 heteroatoms. The zero-order chi connectivity index (χ0) is 11.6. The van der Waals surface area contributed by atoms with Gasteiger partial charge in [-0.3, -0.25) is 0 Å². The van der Waals surface area contributed by atoms with Crippen molar-refractivity contribution in [2.75, 3.05) is 6.26 Å². The van der Waals surface area contributed by atoms with Crippen LogP contribution in [0.1, 0.15) is 12.5 Å². The van der Waals surface area contributed by atoms with E-state index in [2.05, 4.69) is 6.58 Å². The maximum Gasteiger partial charge on any atom is 0.175 e. The molecule has 1 aromatic rings. The molecule has 1 aromatic carbocycles. The highest BCUT2D eigenvalue weighted by Gasteiger charge is 2.15. The number of sulfone groups is 1. The molecule has 0 saturated heterocycles. The van der Waals surface area contributed by atoms with E-state index in [1.54, 1.807) is 6.92 Å². The lowest BCUT2D eigenvalue weighted by Gasteiger charge is -2.09. The molecule has 0 heterocycles. The molecule has 1 N–H and O–H groups in total. The third-order valence-corrected chi connectivity index (χ3v) is 3.17. The van der Waals surface area contributed by atoms with E-state index in [0.717, 1.165) is 11.8 Å². The molecule has 0 aliphatic carbocycles. The van der Waals surface area contributed by atoms with Crippen molar-refractivity contribution in [1.29, 1.82) is 0 Å². The zero-order valence-corrected chi connectivity index (χ0v) is 9.63. The Hall–Kier alpha value is -1.29. The van der Waals surface area contributed by atoms with Crippen LogP contribution in [0.15, 0.2) is 35.2 Å². The maximum absolute atomic E-state index is 11.4. The number of phenols is 1. The van der Waals surface area contributed by atoms with Crippen LogP contribution < -0.4 is 0 Å². The standard InChI is InChI=1S/C11H14O3S/c1-8(2)7-9-10(12)5-4-6-11(9)15(3,13)14/h4-6,12H,1,7H2,2-3H3. The summed E-state index contributed by atoms with van der Waals surface area (Å²) in [4.78, 5) is 0.172. The number of benzene rings is 1. The highest BCUT2D eigenvalue weighted by atomic mass is 32.2. The minimum Gasteiger partial charge on any atom is -0.508 e. The van der Waals surface area contributed by atoms with Gasteiger partial charge in [-0.15, -0.1) is 0 Å². The molecule has 0 saturated carbocycles. The topological polar surface area (TPSA) is 54.4 Å². The summed E-state index contributed by atoms with van der Waals surface area (Å²) >= 11 is 0. The molecule has 0 radical (unpaired) electrons. The highest BCUT2D eigenvalue weighted by Crippen LogP contribution is 2.26. The Kier molecular flexibility index (Phi) is 3.19. The van der Waals surface area contributed by atoms with Crippen molar-refractivity contribution in [3.63, 3.8) is 0 Å². The molecule has 3 nitrogen and oxygen atoms in total. The molecule has 82 valence electrons. The van der Waals surface area contributed by atoms with E-state index in [1.165, 1.54) is 18.2 Å². The summed E-state index contributed by atoms with van der Waals surface area (Å²) in [7, 11) is -3.30. The van der Waals surface area contributed by atoms with E-state index in [-0.39, 0.29) is 10.6 Å². The Labute approximate surface area is 90.0 Å². The van der Waals surface area contributed by atoms with Crippen molar-refractivity contribution in [3.8, 4) is 5.75 Å². The Morgan fingerprint density at radius 3 is 2.53 bits per heavy atom. The lowest BCUT2D eigenvalue weighted by Crippen LogP contribution is -2.03. The van der Waals surface area contributed by atoms with E-state index in [0.29, 0.717) is 12.0 Å². The maximum atomic E-state index is 11.4. The van der Waals surface area contributed by atoms with Crippen molar-refractivity contribution in [3.05, 3.63) is 35.9 Å². The van der Waals surface area contributed by atoms with Gasteiger partial charge in [0.15, 0.2) is 9.84 Å². The summed E-state index contributed by atoms with van der Waals surface area (Å²) in [5.74, 6) is 0.000856. The largest absolute Gasteiger partial charge is 0.508 e. The summed E-state index contributed by atoms with van der Waals surface area (Å²) in [6.45, 7) is 5.50. The van der Waals surface area contributed by atoms with Crippen LogP contribution in [-0.2, 0) is 16.3 Å². The van der Waals surface area contributed by atoms with Gasteiger partial charge in [0.25, 0.3) is 0 Å². The van der Waals surface area contributed by atoms with Gasteiger partial charge >= 0.3 is 0 Å². The third kappa shape index (κ3) is 2.83. The Balaban J connectivity index is 3.40. The van der Waals surface area contributed by atoms with Gasteiger partial charge in [0.05, 0.1) is 4.90 Å². The SMILES string of the molecule is C=C(C)Cc1c(O)cccc1S(C)(=O)=O. The fourth-order valence-corrected chi connectivity index (χ4v) is 2.33. The number of rotatable bonds is 3. The fraction of sp³-hybridized carbons (Fsp3) is 0.273. The molecule has 0 unspecified atom stereocenters. The molecule has 0 aliphatic rings. The predicted molar refractivity (Wildman–Crippen MR) is 59.7 cm³/mol. The van der Waals surface area contributed by atoms with Crippen LogP contribution in [0.2, 0.25) is 0 Å². The Morgan fingerprint density at radius 2 is 2.07 bits per heavy atom. The van der Waals surface area contributed by atoms with Crippen molar-refractivity contribution in [2.45, 2.75) is 18.2 Å². The monoisotopic (exact) mass is 226 g/mol. The molecule has 0 fully saturated rings. The van der Waals surface area contributed by atoms with Crippen molar-refractivity contribution in [2.24, 2.45) is 0 Å². The van der Waals surface area contributed by atoms with Crippen molar-refractivity contribution in [1.82, 2.24) is 0 Å². The predicted octanol–water partition coefficient (Wildman–Crippen LogP) is 1.91. The molecule has 0 spiro atoms. The Bertz CT molecular complexity index is 487. The van der Waals surface area contributed by atoms with Gasteiger partial charge in [0.1, 0.15) is 5.75 Å². The first-order valence-corrected chi connectivity index (χ1v) is 6.37. The van der Waals surface area contributed by atoms with Gasteiger partial charge in [-0.1, -0.05) is 18.2 Å². The summed E-state index contributed by atoms with van der Waals surface area (Å²) in [5, 5.41) is 9.60. The third-order valence-electron chi connectivity index (χ3n) is 1.99. The van der Waals surface area contributed by atoms with E-state index in [4.69, 9.17) is 0 Å². The van der Waals surface area contributed by atoms with Gasteiger partial charge in [0, 0.05) is 11.8 Å². The number of aromatic hydroxyl groups is 1. The molecule has 0 aliphatic heterocycles. The smallest absolute Gasteiger partial charge is 0.175 e. The van der Waals surface area contributed by atoms with Crippen LogP contribution in [0.5, 0.6) is 5.75 Å². The Morgan fingerprint density at radius 1 is 1.47 bits per heavy atom. The molecule has 0 atom stereocenters. The summed E-state index contributed by atoms with van der Waals surface area (Å²) in [6.07, 6.45) is 1.50. The highest BCUT2D eigenvalue weighted by molar-refractivity contribution is 7.90. The lowest BCUT2D eigenvalue weighted by molar-refractivity contribution is 0.466. The summed E-state index contributed by atoms with van der Waals surface area (Å²) < 4.78 is 22.9. The van der Waals surface area contributed by atoms with Gasteiger partial charge in [-0.2, -0.15) is 0 Å². The zero-order valence-electron chi connectivity index (χ0n) is 8.82. The first-order chi connectivity index (χ1) is 6.82. The van der Waals surface area contributed by atoms with Crippen LogP contribution in [0, 0.1) is 0 Å². The van der Waals surface area contributed by atoms with Crippen LogP contribution >= 0.6 is 0 Å². The van der Waals surface area contributed by atoms with Crippen LogP contribution in [-0.4, -0.2) is 19.8 Å². The average molecular weight is 226 g/mol. The van der Waals surface area contributed by atoms with Crippen molar-refractivity contribution < 1.29 is 13.5 Å². The lowest BCUT2D eigenvalue weighted by atomic mass is 10.1. The van der Waals surface area contributed by atoms with E-state index in [9.17, 15) is 13.5 Å². The van der Waals surface area contributed by atoms with E-state index < -0.39 is 9.84 Å². The first-order valence-electron chi connectivity index (χ1n) is 4.47. The number of allylic oxidation sites excluding steroid dienone is 1. The van der Waals surface area contributed by atoms with Crippen LogP contribution in [0.25, 0.3) is 0 Å². The van der Waals surface area contributed by atoms with E-state index in [1.807, 2.05) is 0 Å². The second-order valence-corrected chi connectivity index (χ2v) is 5.64. The summed E-state index contributed by atoms with van der Waals surface area (Å²) in [6, 6.07) is 4.49. The van der Waals surface area contributed by atoms with Crippen LogP contribution in [0.4, 0.5) is 0 Å². The molecule has 0 bridgehead atoms. The molecular weight excluding hydrogens is 212 g/mol. The number of hydrogen-bond acceptors (Lipinski definition) is 3.